The molecule has 0 aliphatic carbocycles. The molecule has 8 nitrogen and oxygen atoms in total. The first kappa shape index (κ1) is 18.3. The molecule has 0 rings (SSSR count). The fraction of sp³-hybridized carbons (Fsp3) is 0.750. The van der Waals surface area contributed by atoms with Crippen molar-refractivity contribution in [3.8, 4) is 0 Å². The smallest absolute Gasteiger partial charge is 0.317 e. The maximum absolute atomic E-state index is 11.5. The molecule has 0 saturated carbocycles. The van der Waals surface area contributed by atoms with Crippen LogP contribution in [0.1, 0.15) is 20.3 Å². The average Bonchev–Trinajstić information content (AvgIpc) is 2.25. The molecule has 0 spiro atoms. The zero-order valence-corrected chi connectivity index (χ0v) is 11.8. The van der Waals surface area contributed by atoms with Crippen LogP contribution in [0.15, 0.2) is 0 Å². The average molecular weight is 290 g/mol. The number of carbonyl (C=O) groups excluding carboxylic acids is 1. The van der Waals surface area contributed by atoms with Crippen LogP contribution in [0, 0.1) is 0 Å². The van der Waals surface area contributed by atoms with E-state index in [1.165, 1.54) is 0 Å². The maximum atomic E-state index is 11.5. The molecule has 20 heavy (non-hydrogen) atoms. The summed E-state index contributed by atoms with van der Waals surface area (Å²) in [5.74, 6) is -2.76. The van der Waals surface area contributed by atoms with E-state index < -0.39 is 30.9 Å². The maximum Gasteiger partial charge on any atom is 0.317 e. The third-order valence-corrected chi connectivity index (χ3v) is 2.18. The third-order valence-electron chi connectivity index (χ3n) is 2.18. The van der Waals surface area contributed by atoms with Crippen molar-refractivity contribution >= 4 is 17.8 Å². The number of carboxylic acid groups (broad SMARTS) is 2. The van der Waals surface area contributed by atoms with E-state index in [1.54, 1.807) is 0 Å². The minimum absolute atomic E-state index is 0.132. The van der Waals surface area contributed by atoms with Crippen LogP contribution < -0.4 is 5.32 Å². The van der Waals surface area contributed by atoms with E-state index in [9.17, 15) is 14.4 Å². The van der Waals surface area contributed by atoms with Gasteiger partial charge in [0.2, 0.25) is 5.91 Å². The molecule has 3 N–H and O–H groups in total. The van der Waals surface area contributed by atoms with Gasteiger partial charge in [-0.15, -0.1) is 0 Å². The summed E-state index contributed by atoms with van der Waals surface area (Å²) in [5.41, 5.74) is 0. The van der Waals surface area contributed by atoms with Gasteiger partial charge in [0.05, 0.1) is 25.7 Å². The monoisotopic (exact) mass is 290 g/mol. The highest BCUT2D eigenvalue weighted by molar-refractivity contribution is 5.80. The predicted molar refractivity (Wildman–Crippen MR) is 70.4 cm³/mol. The molecule has 0 aliphatic rings. The van der Waals surface area contributed by atoms with E-state index in [-0.39, 0.29) is 12.6 Å². The lowest BCUT2D eigenvalue weighted by atomic mass is 10.4. The molecule has 1 amide bonds. The molecule has 0 aromatic carbocycles. The molecular weight excluding hydrogens is 268 g/mol. The third kappa shape index (κ3) is 11.4. The van der Waals surface area contributed by atoms with Crippen molar-refractivity contribution in [2.75, 3.05) is 32.8 Å². The Morgan fingerprint density at radius 1 is 1.10 bits per heavy atom. The van der Waals surface area contributed by atoms with Gasteiger partial charge in [-0.2, -0.15) is 0 Å². The van der Waals surface area contributed by atoms with Crippen LogP contribution in [0.5, 0.6) is 0 Å². The lowest BCUT2D eigenvalue weighted by molar-refractivity contribution is -0.142. The standard InChI is InChI=1S/C12H22N2O6/c1-9(2)20-5-3-4-13-10(15)6-14(7-11(16)17)8-12(18)19/h9H,3-8H2,1-2H3,(H,13,15)(H,16,17)(H,18,19). The number of rotatable bonds is 11. The fourth-order valence-electron chi connectivity index (χ4n) is 1.43. The second kappa shape index (κ2) is 10.2. The van der Waals surface area contributed by atoms with Crippen molar-refractivity contribution < 1.29 is 29.3 Å². The minimum Gasteiger partial charge on any atom is -0.480 e. The van der Waals surface area contributed by atoms with Crippen molar-refractivity contribution in [2.45, 2.75) is 26.4 Å². The molecule has 0 atom stereocenters. The van der Waals surface area contributed by atoms with Crippen molar-refractivity contribution in [1.82, 2.24) is 10.2 Å². The van der Waals surface area contributed by atoms with Gasteiger partial charge in [0.25, 0.3) is 0 Å². The van der Waals surface area contributed by atoms with Crippen LogP contribution >= 0.6 is 0 Å². The van der Waals surface area contributed by atoms with Crippen LogP contribution in [0.3, 0.4) is 0 Å². The molecule has 0 fully saturated rings. The summed E-state index contributed by atoms with van der Waals surface area (Å²) in [4.78, 5) is 33.7. The molecule has 0 bridgehead atoms. The van der Waals surface area contributed by atoms with Crippen LogP contribution in [0.25, 0.3) is 0 Å². The van der Waals surface area contributed by atoms with Crippen molar-refractivity contribution in [1.29, 1.82) is 0 Å². The second-order valence-corrected chi connectivity index (χ2v) is 4.56. The summed E-state index contributed by atoms with van der Waals surface area (Å²) in [6, 6.07) is 0. The molecule has 0 radical (unpaired) electrons. The SMILES string of the molecule is CC(C)OCCCNC(=O)CN(CC(=O)O)CC(=O)O. The van der Waals surface area contributed by atoms with Crippen LogP contribution in [-0.2, 0) is 19.1 Å². The predicted octanol–water partition coefficient (Wildman–Crippen LogP) is -0.611. The molecule has 8 heteroatoms. The van der Waals surface area contributed by atoms with Gasteiger partial charge in [0, 0.05) is 13.2 Å². The summed E-state index contributed by atoms with van der Waals surface area (Å²) in [5, 5.41) is 19.8. The van der Waals surface area contributed by atoms with Gasteiger partial charge in [0.15, 0.2) is 0 Å². The first-order valence-corrected chi connectivity index (χ1v) is 6.35. The zero-order chi connectivity index (χ0) is 15.5. The number of nitrogens with zero attached hydrogens (tertiary/aromatic N) is 1. The van der Waals surface area contributed by atoms with Crippen molar-refractivity contribution in [3.05, 3.63) is 0 Å². The second-order valence-electron chi connectivity index (χ2n) is 4.56. The Morgan fingerprint density at radius 2 is 1.65 bits per heavy atom. The highest BCUT2D eigenvalue weighted by Gasteiger charge is 2.16. The number of ether oxygens (including phenoxy) is 1. The first-order valence-electron chi connectivity index (χ1n) is 6.35. The van der Waals surface area contributed by atoms with Crippen LogP contribution in [0.4, 0.5) is 0 Å². The number of hydrogen-bond donors (Lipinski definition) is 3. The summed E-state index contributed by atoms with van der Waals surface area (Å²) in [6.07, 6.45) is 0.772. The van der Waals surface area contributed by atoms with Gasteiger partial charge < -0.3 is 20.3 Å². The number of aliphatic carboxylic acids is 2. The number of carbonyl (C=O) groups is 3. The van der Waals surface area contributed by atoms with Gasteiger partial charge >= 0.3 is 11.9 Å². The summed E-state index contributed by atoms with van der Waals surface area (Å²) in [6.45, 7) is 3.50. The van der Waals surface area contributed by atoms with Gasteiger partial charge in [0.1, 0.15) is 0 Å². The molecule has 116 valence electrons. The highest BCUT2D eigenvalue weighted by atomic mass is 16.5. The van der Waals surface area contributed by atoms with Gasteiger partial charge in [-0.25, -0.2) is 0 Å². The van der Waals surface area contributed by atoms with Gasteiger partial charge in [-0.1, -0.05) is 0 Å². The Kier molecular flexibility index (Phi) is 9.31. The lowest BCUT2D eigenvalue weighted by Gasteiger charge is -2.17. The number of carboxylic acids is 2. The lowest BCUT2D eigenvalue weighted by Crippen LogP contribution is -2.42. The molecule has 0 heterocycles. The first-order chi connectivity index (χ1) is 9.31. The molecule has 0 aromatic heterocycles. The van der Waals surface area contributed by atoms with E-state index in [2.05, 4.69) is 5.32 Å². The van der Waals surface area contributed by atoms with Crippen LogP contribution in [-0.4, -0.2) is 71.8 Å². The largest absolute Gasteiger partial charge is 0.480 e. The topological polar surface area (TPSA) is 116 Å². The minimum atomic E-state index is -1.18. The van der Waals surface area contributed by atoms with E-state index in [0.717, 1.165) is 4.90 Å². The molecule has 0 aromatic rings. The fourth-order valence-corrected chi connectivity index (χ4v) is 1.43. The number of nitrogens with one attached hydrogen (secondary N) is 1. The zero-order valence-electron chi connectivity index (χ0n) is 11.8. The summed E-state index contributed by atoms with van der Waals surface area (Å²) >= 11 is 0. The van der Waals surface area contributed by atoms with E-state index in [0.29, 0.717) is 19.6 Å². The van der Waals surface area contributed by atoms with Crippen molar-refractivity contribution in [2.24, 2.45) is 0 Å². The normalized spacial score (nSPS) is 10.8. The Labute approximate surface area is 117 Å². The quantitative estimate of drug-likeness (QED) is 0.435. The number of hydrogen-bond acceptors (Lipinski definition) is 5. The van der Waals surface area contributed by atoms with Crippen LogP contribution in [0.2, 0.25) is 0 Å². The molecular formula is C12H22N2O6. The Morgan fingerprint density at radius 3 is 2.10 bits per heavy atom. The van der Waals surface area contributed by atoms with Gasteiger partial charge in [-0.3, -0.25) is 19.3 Å². The van der Waals surface area contributed by atoms with E-state index >= 15 is 0 Å². The molecule has 0 aliphatic heterocycles. The highest BCUT2D eigenvalue weighted by Crippen LogP contribution is 1.91. The Balaban J connectivity index is 3.94. The Hall–Kier alpha value is -1.67. The molecule has 0 saturated heterocycles. The summed E-state index contributed by atoms with van der Waals surface area (Å²) in [7, 11) is 0. The van der Waals surface area contributed by atoms with E-state index in [4.69, 9.17) is 14.9 Å². The molecule has 0 unspecified atom stereocenters. The van der Waals surface area contributed by atoms with Gasteiger partial charge in [-0.05, 0) is 20.3 Å². The Bertz CT molecular complexity index is 316. The number of amides is 1. The van der Waals surface area contributed by atoms with Crippen molar-refractivity contribution in [3.63, 3.8) is 0 Å². The summed E-state index contributed by atoms with van der Waals surface area (Å²) < 4.78 is 5.29. The van der Waals surface area contributed by atoms with E-state index in [1.807, 2.05) is 13.8 Å².